The molecule has 0 radical (unpaired) electrons. The van der Waals surface area contributed by atoms with E-state index in [1.165, 1.54) is 5.56 Å². The van der Waals surface area contributed by atoms with E-state index < -0.39 is 0 Å². The molecule has 1 heterocycles. The lowest BCUT2D eigenvalue weighted by atomic mass is 10.1. The fourth-order valence-electron chi connectivity index (χ4n) is 1.84. The van der Waals surface area contributed by atoms with E-state index in [4.69, 9.17) is 11.6 Å². The van der Waals surface area contributed by atoms with Gasteiger partial charge in [-0.15, -0.1) is 16.7 Å². The summed E-state index contributed by atoms with van der Waals surface area (Å²) >= 11 is 5.70. The number of halogens is 1. The molecule has 0 saturated carbocycles. The Bertz CT molecular complexity index is 479. The van der Waals surface area contributed by atoms with Crippen LogP contribution in [0.2, 0.25) is 0 Å². The third-order valence-corrected chi connectivity index (χ3v) is 2.84. The lowest BCUT2D eigenvalue weighted by Crippen LogP contribution is -2.00. The average Bonchev–Trinajstić information content (AvgIpc) is 2.79. The number of para-hydroxylation sites is 1. The van der Waals surface area contributed by atoms with Crippen molar-refractivity contribution in [3.63, 3.8) is 0 Å². The number of rotatable bonds is 5. The van der Waals surface area contributed by atoms with Gasteiger partial charge in [-0.2, -0.15) is 0 Å². The van der Waals surface area contributed by atoms with Gasteiger partial charge >= 0.3 is 0 Å². The highest BCUT2D eigenvalue weighted by molar-refractivity contribution is 6.17. The highest BCUT2D eigenvalue weighted by Crippen LogP contribution is 2.15. The van der Waals surface area contributed by atoms with E-state index in [-0.39, 0.29) is 0 Å². The van der Waals surface area contributed by atoms with E-state index in [2.05, 4.69) is 35.4 Å². The molecule has 0 saturated heterocycles. The van der Waals surface area contributed by atoms with Gasteiger partial charge in [0.1, 0.15) is 0 Å². The molecule has 0 unspecified atom stereocenters. The standard InChI is InChI=1S/C13H16ClN3/c1-2-5-11-6-3-4-7-13(11)17-10-12(8-9-14)15-16-17/h3-4,6-7,10H,2,5,8-9H2,1H3. The summed E-state index contributed by atoms with van der Waals surface area (Å²) in [6.45, 7) is 2.18. The van der Waals surface area contributed by atoms with E-state index >= 15 is 0 Å². The molecule has 90 valence electrons. The molecule has 1 aromatic carbocycles. The summed E-state index contributed by atoms with van der Waals surface area (Å²) in [4.78, 5) is 0. The summed E-state index contributed by atoms with van der Waals surface area (Å²) < 4.78 is 1.84. The van der Waals surface area contributed by atoms with Gasteiger partial charge in [0, 0.05) is 12.3 Å². The Morgan fingerprint density at radius 2 is 2.06 bits per heavy atom. The molecule has 17 heavy (non-hydrogen) atoms. The van der Waals surface area contributed by atoms with Crippen LogP contribution >= 0.6 is 11.6 Å². The van der Waals surface area contributed by atoms with Gasteiger partial charge in [0.05, 0.1) is 17.6 Å². The molecule has 0 bridgehead atoms. The summed E-state index contributed by atoms with van der Waals surface area (Å²) in [5, 5.41) is 8.27. The van der Waals surface area contributed by atoms with Crippen molar-refractivity contribution < 1.29 is 0 Å². The number of hydrogen-bond donors (Lipinski definition) is 0. The summed E-state index contributed by atoms with van der Waals surface area (Å²) in [5.41, 5.74) is 3.35. The molecule has 0 N–H and O–H groups in total. The van der Waals surface area contributed by atoms with Crippen LogP contribution in [0.5, 0.6) is 0 Å². The molecule has 2 rings (SSSR count). The van der Waals surface area contributed by atoms with Gasteiger partial charge in [0.2, 0.25) is 0 Å². The molecule has 3 nitrogen and oxygen atoms in total. The van der Waals surface area contributed by atoms with E-state index in [9.17, 15) is 0 Å². The molecule has 0 amide bonds. The van der Waals surface area contributed by atoms with Crippen molar-refractivity contribution in [3.8, 4) is 5.69 Å². The first kappa shape index (κ1) is 12.1. The Morgan fingerprint density at radius 3 is 2.82 bits per heavy atom. The number of alkyl halides is 1. The van der Waals surface area contributed by atoms with Gasteiger partial charge in [0.15, 0.2) is 0 Å². The third-order valence-electron chi connectivity index (χ3n) is 2.65. The van der Waals surface area contributed by atoms with Crippen molar-refractivity contribution in [1.82, 2.24) is 15.0 Å². The Kier molecular flexibility index (Phi) is 4.15. The second-order valence-corrected chi connectivity index (χ2v) is 4.35. The summed E-state index contributed by atoms with van der Waals surface area (Å²) in [5.74, 6) is 0.579. The molecular formula is C13H16ClN3. The Labute approximate surface area is 106 Å². The number of hydrogen-bond acceptors (Lipinski definition) is 2. The molecule has 0 aliphatic carbocycles. The SMILES string of the molecule is CCCc1ccccc1-n1cc(CCCl)nn1. The number of aromatic nitrogens is 3. The molecule has 0 fully saturated rings. The van der Waals surface area contributed by atoms with Crippen LogP contribution < -0.4 is 0 Å². The fraction of sp³-hybridized carbons (Fsp3) is 0.385. The average molecular weight is 250 g/mol. The fourth-order valence-corrected chi connectivity index (χ4v) is 2.04. The first-order chi connectivity index (χ1) is 8.35. The number of benzene rings is 1. The molecule has 4 heteroatoms. The van der Waals surface area contributed by atoms with E-state index in [1.807, 2.05) is 16.9 Å². The molecule has 1 aromatic heterocycles. The first-order valence-corrected chi connectivity index (χ1v) is 6.44. The maximum absolute atomic E-state index is 5.70. The van der Waals surface area contributed by atoms with Crippen molar-refractivity contribution in [3.05, 3.63) is 41.7 Å². The predicted octanol–water partition coefficient (Wildman–Crippen LogP) is 3.00. The van der Waals surface area contributed by atoms with Crippen molar-refractivity contribution in [2.24, 2.45) is 0 Å². The van der Waals surface area contributed by atoms with Crippen LogP contribution in [0.25, 0.3) is 5.69 Å². The van der Waals surface area contributed by atoms with E-state index in [1.54, 1.807) is 0 Å². The lowest BCUT2D eigenvalue weighted by molar-refractivity contribution is 0.781. The molecule has 0 aliphatic rings. The lowest BCUT2D eigenvalue weighted by Gasteiger charge is -2.07. The topological polar surface area (TPSA) is 30.7 Å². The smallest absolute Gasteiger partial charge is 0.0843 e. The zero-order valence-electron chi connectivity index (χ0n) is 9.93. The van der Waals surface area contributed by atoms with Crippen LogP contribution in [-0.4, -0.2) is 20.9 Å². The van der Waals surface area contributed by atoms with Gasteiger partial charge in [-0.25, -0.2) is 4.68 Å². The zero-order valence-corrected chi connectivity index (χ0v) is 10.7. The van der Waals surface area contributed by atoms with Gasteiger partial charge < -0.3 is 0 Å². The minimum atomic E-state index is 0.579. The molecule has 0 atom stereocenters. The van der Waals surface area contributed by atoms with Gasteiger partial charge in [0.25, 0.3) is 0 Å². The number of aryl methyl sites for hydroxylation is 2. The first-order valence-electron chi connectivity index (χ1n) is 5.90. The normalized spacial score (nSPS) is 10.7. The third kappa shape index (κ3) is 2.86. The van der Waals surface area contributed by atoms with Crippen LogP contribution in [0, 0.1) is 0 Å². The monoisotopic (exact) mass is 249 g/mol. The zero-order chi connectivity index (χ0) is 12.1. The Balaban J connectivity index is 2.31. The van der Waals surface area contributed by atoms with Gasteiger partial charge in [-0.1, -0.05) is 36.8 Å². The maximum Gasteiger partial charge on any atom is 0.0843 e. The van der Waals surface area contributed by atoms with Crippen LogP contribution in [0.15, 0.2) is 30.5 Å². The van der Waals surface area contributed by atoms with E-state index in [0.29, 0.717) is 5.88 Å². The van der Waals surface area contributed by atoms with E-state index in [0.717, 1.165) is 30.6 Å². The predicted molar refractivity (Wildman–Crippen MR) is 69.8 cm³/mol. The Hall–Kier alpha value is -1.35. The minimum Gasteiger partial charge on any atom is -0.220 e. The van der Waals surface area contributed by atoms with Gasteiger partial charge in [-0.05, 0) is 18.1 Å². The molecule has 0 spiro atoms. The molecule has 2 aromatic rings. The quantitative estimate of drug-likeness (QED) is 0.763. The highest BCUT2D eigenvalue weighted by Gasteiger charge is 2.06. The van der Waals surface area contributed by atoms with Crippen molar-refractivity contribution >= 4 is 11.6 Å². The highest BCUT2D eigenvalue weighted by atomic mass is 35.5. The largest absolute Gasteiger partial charge is 0.220 e. The second kappa shape index (κ2) is 5.82. The van der Waals surface area contributed by atoms with Crippen LogP contribution in [0.1, 0.15) is 24.6 Å². The second-order valence-electron chi connectivity index (χ2n) is 3.97. The summed E-state index contributed by atoms with van der Waals surface area (Å²) in [7, 11) is 0. The van der Waals surface area contributed by atoms with Crippen molar-refractivity contribution in [1.29, 1.82) is 0 Å². The molecule has 0 aliphatic heterocycles. The summed E-state index contributed by atoms with van der Waals surface area (Å²) in [6, 6.07) is 8.30. The van der Waals surface area contributed by atoms with Crippen LogP contribution in [0.4, 0.5) is 0 Å². The Morgan fingerprint density at radius 1 is 1.24 bits per heavy atom. The minimum absolute atomic E-state index is 0.579. The molecular weight excluding hydrogens is 234 g/mol. The van der Waals surface area contributed by atoms with Crippen LogP contribution in [0.3, 0.4) is 0 Å². The number of nitrogens with zero attached hydrogens (tertiary/aromatic N) is 3. The van der Waals surface area contributed by atoms with Gasteiger partial charge in [-0.3, -0.25) is 0 Å². The maximum atomic E-state index is 5.70. The van der Waals surface area contributed by atoms with Crippen molar-refractivity contribution in [2.75, 3.05) is 5.88 Å². The van der Waals surface area contributed by atoms with Crippen LogP contribution in [-0.2, 0) is 12.8 Å². The summed E-state index contributed by atoms with van der Waals surface area (Å²) in [6.07, 6.45) is 4.90. The van der Waals surface area contributed by atoms with Crippen molar-refractivity contribution in [2.45, 2.75) is 26.2 Å².